The van der Waals surface area contributed by atoms with Crippen LogP contribution in [0.25, 0.3) is 0 Å². The summed E-state index contributed by atoms with van der Waals surface area (Å²) in [7, 11) is 0. The number of rotatable bonds is 4. The van der Waals surface area contributed by atoms with Crippen LogP contribution in [-0.2, 0) is 0 Å². The minimum atomic E-state index is -0.526. The molecule has 2 N–H and O–H groups in total. The van der Waals surface area contributed by atoms with E-state index in [1.807, 2.05) is 6.92 Å². The lowest BCUT2D eigenvalue weighted by Gasteiger charge is -2.14. The molecule has 1 atom stereocenters. The first-order valence-corrected chi connectivity index (χ1v) is 5.63. The Morgan fingerprint density at radius 3 is 2.47 bits per heavy atom. The molecule has 1 rings (SSSR count). The quantitative estimate of drug-likeness (QED) is 0.792. The third-order valence-corrected chi connectivity index (χ3v) is 2.62. The summed E-state index contributed by atoms with van der Waals surface area (Å²) < 4.78 is 13.6. The van der Waals surface area contributed by atoms with Crippen molar-refractivity contribution in [2.24, 2.45) is 5.73 Å². The maximum atomic E-state index is 13.6. The van der Waals surface area contributed by atoms with Crippen molar-refractivity contribution in [3.8, 4) is 0 Å². The van der Waals surface area contributed by atoms with Crippen LogP contribution in [0, 0.1) is 0 Å². The molecule has 17 heavy (non-hydrogen) atoms. The minimum Gasteiger partial charge on any atom is -0.320 e. The molecule has 0 radical (unpaired) electrons. The lowest BCUT2D eigenvalue weighted by atomic mass is 9.98. The molecule has 0 aliphatic rings. The topological polar surface area (TPSA) is 26.0 Å². The summed E-state index contributed by atoms with van der Waals surface area (Å²) in [4.78, 5) is 0. The van der Waals surface area contributed by atoms with Gasteiger partial charge in [0.15, 0.2) is 0 Å². The molecule has 1 unspecified atom stereocenters. The van der Waals surface area contributed by atoms with Gasteiger partial charge in [-0.3, -0.25) is 0 Å². The van der Waals surface area contributed by atoms with Crippen LogP contribution < -0.4 is 5.73 Å². The zero-order chi connectivity index (χ0) is 12.8. The molecular formula is C14H15ClFN. The summed E-state index contributed by atoms with van der Waals surface area (Å²) >= 11 is 5.79. The Balaban J connectivity index is 3.12. The van der Waals surface area contributed by atoms with Crippen molar-refractivity contribution >= 4 is 11.6 Å². The highest BCUT2D eigenvalue weighted by atomic mass is 35.5. The predicted octanol–water partition coefficient (Wildman–Crippen LogP) is 4.33. The molecule has 3 heteroatoms. The zero-order valence-electron chi connectivity index (χ0n) is 9.66. The normalized spacial score (nSPS) is 14.6. The molecule has 0 aromatic heterocycles. The van der Waals surface area contributed by atoms with Gasteiger partial charge in [-0.05, 0) is 30.7 Å². The molecule has 0 fully saturated rings. The third kappa shape index (κ3) is 3.55. The fraction of sp³-hybridized carbons (Fsp3) is 0.143. The van der Waals surface area contributed by atoms with Crippen LogP contribution in [0.5, 0.6) is 0 Å². The maximum absolute atomic E-state index is 13.6. The van der Waals surface area contributed by atoms with Crippen LogP contribution >= 0.6 is 11.6 Å². The zero-order valence-corrected chi connectivity index (χ0v) is 10.4. The van der Waals surface area contributed by atoms with E-state index in [-0.39, 0.29) is 0 Å². The highest BCUT2D eigenvalue weighted by Crippen LogP contribution is 2.25. The fourth-order valence-electron chi connectivity index (χ4n) is 1.48. The van der Waals surface area contributed by atoms with Crippen LogP contribution in [0.1, 0.15) is 18.5 Å². The first kappa shape index (κ1) is 13.7. The highest BCUT2D eigenvalue weighted by Gasteiger charge is 2.13. The Kier molecular flexibility index (Phi) is 5.13. The van der Waals surface area contributed by atoms with Crippen molar-refractivity contribution < 1.29 is 4.39 Å². The van der Waals surface area contributed by atoms with Crippen molar-refractivity contribution in [2.45, 2.75) is 13.0 Å². The van der Waals surface area contributed by atoms with Crippen LogP contribution in [0.3, 0.4) is 0 Å². The molecule has 0 amide bonds. The van der Waals surface area contributed by atoms with Crippen molar-refractivity contribution in [1.82, 2.24) is 0 Å². The molecule has 0 aliphatic heterocycles. The Hall–Kier alpha value is -1.38. The molecule has 0 heterocycles. The molecule has 0 spiro atoms. The largest absolute Gasteiger partial charge is 0.320 e. The summed E-state index contributed by atoms with van der Waals surface area (Å²) in [6, 6.07) is 6.51. The van der Waals surface area contributed by atoms with E-state index in [1.165, 1.54) is 0 Å². The molecule has 0 saturated heterocycles. The number of benzene rings is 1. The Bertz CT molecular complexity index is 446. The number of hydrogen-bond donors (Lipinski definition) is 1. The van der Waals surface area contributed by atoms with Gasteiger partial charge in [0.05, 0.1) is 6.04 Å². The van der Waals surface area contributed by atoms with Gasteiger partial charge in [-0.2, -0.15) is 0 Å². The summed E-state index contributed by atoms with van der Waals surface area (Å²) in [6.45, 7) is 5.22. The maximum Gasteiger partial charge on any atom is 0.127 e. The standard InChI is InChI=1S/C14H15ClFN/c1-3-5-12(13(16)4-2)14(17)10-6-8-11(15)9-7-10/h3-9,14H,2,17H2,1H3/b5-3-,13-12-. The second-order valence-electron chi connectivity index (χ2n) is 3.54. The van der Waals surface area contributed by atoms with E-state index < -0.39 is 11.9 Å². The van der Waals surface area contributed by atoms with Gasteiger partial charge in [0.1, 0.15) is 5.83 Å². The molecule has 1 nitrogen and oxygen atoms in total. The van der Waals surface area contributed by atoms with Crippen molar-refractivity contribution in [3.63, 3.8) is 0 Å². The molecule has 1 aromatic carbocycles. The van der Waals surface area contributed by atoms with E-state index in [2.05, 4.69) is 6.58 Å². The summed E-state index contributed by atoms with van der Waals surface area (Å²) in [5.74, 6) is -0.412. The van der Waals surface area contributed by atoms with E-state index >= 15 is 0 Å². The van der Waals surface area contributed by atoms with Gasteiger partial charge < -0.3 is 5.73 Å². The summed E-state index contributed by atoms with van der Waals surface area (Å²) in [5.41, 5.74) is 7.22. The molecule has 0 bridgehead atoms. The average Bonchev–Trinajstić information content (AvgIpc) is 2.35. The van der Waals surface area contributed by atoms with Gasteiger partial charge in [0.25, 0.3) is 0 Å². The summed E-state index contributed by atoms with van der Waals surface area (Å²) in [6.07, 6.45) is 4.55. The van der Waals surface area contributed by atoms with Crippen LogP contribution in [0.2, 0.25) is 5.02 Å². The van der Waals surface area contributed by atoms with Gasteiger partial charge >= 0.3 is 0 Å². The lowest BCUT2D eigenvalue weighted by Crippen LogP contribution is -2.13. The van der Waals surface area contributed by atoms with Gasteiger partial charge in [-0.15, -0.1) is 0 Å². The summed E-state index contributed by atoms with van der Waals surface area (Å²) in [5, 5.41) is 0.627. The smallest absolute Gasteiger partial charge is 0.127 e. The molecular weight excluding hydrogens is 237 g/mol. The number of allylic oxidation sites excluding steroid dienone is 3. The molecule has 1 aromatic rings. The monoisotopic (exact) mass is 251 g/mol. The fourth-order valence-corrected chi connectivity index (χ4v) is 1.60. The van der Waals surface area contributed by atoms with Crippen LogP contribution in [0.4, 0.5) is 4.39 Å². The van der Waals surface area contributed by atoms with E-state index in [4.69, 9.17) is 17.3 Å². The van der Waals surface area contributed by atoms with Gasteiger partial charge in [0.2, 0.25) is 0 Å². The van der Waals surface area contributed by atoms with Crippen LogP contribution in [0.15, 0.2) is 60.5 Å². The van der Waals surface area contributed by atoms with E-state index in [0.717, 1.165) is 11.6 Å². The Morgan fingerprint density at radius 2 is 2.00 bits per heavy atom. The van der Waals surface area contributed by atoms with Gasteiger partial charge in [0, 0.05) is 10.6 Å². The van der Waals surface area contributed by atoms with Crippen molar-refractivity contribution in [3.05, 3.63) is 71.1 Å². The van der Waals surface area contributed by atoms with E-state index in [1.54, 1.807) is 36.4 Å². The number of halogens is 2. The molecule has 0 aliphatic carbocycles. The average molecular weight is 252 g/mol. The minimum absolute atomic E-state index is 0.407. The van der Waals surface area contributed by atoms with E-state index in [0.29, 0.717) is 10.6 Å². The van der Waals surface area contributed by atoms with Crippen molar-refractivity contribution in [1.29, 1.82) is 0 Å². The second kappa shape index (κ2) is 6.38. The SMILES string of the molecule is C=C/C(F)=C(\C=C/C)C(N)c1ccc(Cl)cc1. The predicted molar refractivity (Wildman–Crippen MR) is 71.5 cm³/mol. The highest BCUT2D eigenvalue weighted by molar-refractivity contribution is 6.30. The number of nitrogens with two attached hydrogens (primary N) is 1. The lowest BCUT2D eigenvalue weighted by molar-refractivity contribution is 0.641. The van der Waals surface area contributed by atoms with E-state index in [9.17, 15) is 4.39 Å². The number of hydrogen-bond acceptors (Lipinski definition) is 1. The van der Waals surface area contributed by atoms with Gasteiger partial charge in [-0.1, -0.05) is 42.5 Å². The second-order valence-corrected chi connectivity index (χ2v) is 3.97. The Morgan fingerprint density at radius 1 is 1.41 bits per heavy atom. The van der Waals surface area contributed by atoms with Crippen LogP contribution in [-0.4, -0.2) is 0 Å². The third-order valence-electron chi connectivity index (χ3n) is 2.37. The Labute approximate surface area is 106 Å². The first-order valence-electron chi connectivity index (χ1n) is 5.26. The first-order chi connectivity index (χ1) is 8.10. The van der Waals surface area contributed by atoms with Gasteiger partial charge in [-0.25, -0.2) is 4.39 Å². The molecule has 0 saturated carbocycles. The van der Waals surface area contributed by atoms with Crippen molar-refractivity contribution in [2.75, 3.05) is 0 Å². The molecule has 90 valence electrons.